The molecule has 0 saturated heterocycles. The second kappa shape index (κ2) is 6.90. The lowest BCUT2D eigenvalue weighted by molar-refractivity contribution is 0.112. The van der Waals surface area contributed by atoms with Gasteiger partial charge in [0, 0.05) is 32.0 Å². The molecule has 21 heavy (non-hydrogen) atoms. The van der Waals surface area contributed by atoms with Crippen LogP contribution in [0.15, 0.2) is 24.5 Å². The van der Waals surface area contributed by atoms with Gasteiger partial charge in [-0.15, -0.1) is 0 Å². The normalized spacial score (nSPS) is 10.6. The minimum absolute atomic E-state index is 0.149. The quantitative estimate of drug-likeness (QED) is 0.624. The average molecular weight is 290 g/mol. The number of benzene rings is 1. The first kappa shape index (κ1) is 15.1. The van der Waals surface area contributed by atoms with Gasteiger partial charge < -0.3 is 14.6 Å². The summed E-state index contributed by atoms with van der Waals surface area (Å²) in [5.74, 6) is 0.116. The van der Waals surface area contributed by atoms with Gasteiger partial charge in [-0.1, -0.05) is 0 Å². The minimum Gasteiger partial charge on any atom is -0.504 e. The van der Waals surface area contributed by atoms with E-state index >= 15 is 0 Å². The van der Waals surface area contributed by atoms with Gasteiger partial charge in [-0.2, -0.15) is 5.10 Å². The number of carbonyl (C=O) groups is 1. The largest absolute Gasteiger partial charge is 0.504 e. The standard InChI is InChI=1S/C15H18N2O4/c1-20-5-3-4-17-9-13(8-16-17)11-6-12(10-18)15(19)14(7-11)21-2/h6-10,19H,3-5H2,1-2H3. The molecule has 1 aromatic heterocycles. The van der Waals surface area contributed by atoms with Crippen LogP contribution in [-0.2, 0) is 11.3 Å². The van der Waals surface area contributed by atoms with Gasteiger partial charge in [0.05, 0.1) is 18.9 Å². The van der Waals surface area contributed by atoms with Crippen molar-refractivity contribution in [1.82, 2.24) is 9.78 Å². The van der Waals surface area contributed by atoms with Crippen LogP contribution >= 0.6 is 0 Å². The lowest BCUT2D eigenvalue weighted by Crippen LogP contribution is -2.01. The molecule has 1 N–H and O–H groups in total. The summed E-state index contributed by atoms with van der Waals surface area (Å²) in [6.45, 7) is 1.43. The number of hydrogen-bond acceptors (Lipinski definition) is 5. The summed E-state index contributed by atoms with van der Waals surface area (Å²) in [6.07, 6.45) is 5.07. The number of ether oxygens (including phenoxy) is 2. The van der Waals surface area contributed by atoms with Crippen molar-refractivity contribution >= 4 is 6.29 Å². The molecule has 1 aromatic carbocycles. The molecule has 0 fully saturated rings. The summed E-state index contributed by atoms with van der Waals surface area (Å²) >= 11 is 0. The van der Waals surface area contributed by atoms with Crippen molar-refractivity contribution in [1.29, 1.82) is 0 Å². The Hall–Kier alpha value is -2.34. The molecule has 2 aromatic rings. The Bertz CT molecular complexity index is 622. The Morgan fingerprint density at radius 1 is 1.33 bits per heavy atom. The van der Waals surface area contributed by atoms with E-state index < -0.39 is 0 Å². The average Bonchev–Trinajstić information content (AvgIpc) is 2.96. The molecule has 0 aliphatic heterocycles. The highest BCUT2D eigenvalue weighted by atomic mass is 16.5. The first-order valence-corrected chi connectivity index (χ1v) is 6.57. The third-order valence-electron chi connectivity index (χ3n) is 3.15. The Morgan fingerprint density at radius 3 is 2.81 bits per heavy atom. The first-order valence-electron chi connectivity index (χ1n) is 6.57. The van der Waals surface area contributed by atoms with Crippen LogP contribution in [0.1, 0.15) is 16.8 Å². The van der Waals surface area contributed by atoms with Crippen LogP contribution < -0.4 is 4.74 Å². The molecule has 0 spiro atoms. The van der Waals surface area contributed by atoms with Gasteiger partial charge in [0.2, 0.25) is 0 Å². The summed E-state index contributed by atoms with van der Waals surface area (Å²) < 4.78 is 11.9. The minimum atomic E-state index is -0.149. The summed E-state index contributed by atoms with van der Waals surface area (Å²) in [7, 11) is 3.11. The monoisotopic (exact) mass is 290 g/mol. The SMILES string of the molecule is COCCCn1cc(-c2cc(C=O)c(O)c(OC)c2)cn1. The highest BCUT2D eigenvalue weighted by Crippen LogP contribution is 2.34. The summed E-state index contributed by atoms with van der Waals surface area (Å²) in [5.41, 5.74) is 1.81. The number of hydrogen-bond donors (Lipinski definition) is 1. The van der Waals surface area contributed by atoms with Crippen LogP contribution in [0, 0.1) is 0 Å². The molecule has 0 aliphatic carbocycles. The number of aldehydes is 1. The van der Waals surface area contributed by atoms with Crippen LogP contribution in [0.2, 0.25) is 0 Å². The van der Waals surface area contributed by atoms with Crippen molar-refractivity contribution in [3.8, 4) is 22.6 Å². The van der Waals surface area contributed by atoms with Crippen LogP contribution in [0.25, 0.3) is 11.1 Å². The molecule has 112 valence electrons. The zero-order valence-corrected chi connectivity index (χ0v) is 12.1. The van der Waals surface area contributed by atoms with Crippen molar-refractivity contribution in [2.45, 2.75) is 13.0 Å². The smallest absolute Gasteiger partial charge is 0.168 e. The van der Waals surface area contributed by atoms with Crippen molar-refractivity contribution < 1.29 is 19.4 Å². The fourth-order valence-electron chi connectivity index (χ4n) is 2.05. The van der Waals surface area contributed by atoms with Crippen LogP contribution in [0.4, 0.5) is 0 Å². The Balaban J connectivity index is 2.27. The molecule has 1 heterocycles. The van der Waals surface area contributed by atoms with Gasteiger partial charge >= 0.3 is 0 Å². The number of carbonyl (C=O) groups excluding carboxylic acids is 1. The molecular weight excluding hydrogens is 272 g/mol. The van der Waals surface area contributed by atoms with Gasteiger partial charge in [-0.3, -0.25) is 9.48 Å². The summed E-state index contributed by atoms with van der Waals surface area (Å²) in [6, 6.07) is 3.29. The van der Waals surface area contributed by atoms with E-state index in [1.54, 1.807) is 25.4 Å². The number of phenols is 1. The highest BCUT2D eigenvalue weighted by Gasteiger charge is 2.12. The zero-order valence-electron chi connectivity index (χ0n) is 12.1. The number of aryl methyl sites for hydroxylation is 1. The number of aromatic nitrogens is 2. The number of phenolic OH excluding ortho intramolecular Hbond substituents is 1. The van der Waals surface area contributed by atoms with E-state index in [0.29, 0.717) is 12.9 Å². The van der Waals surface area contributed by atoms with Gasteiger partial charge in [-0.05, 0) is 24.1 Å². The molecule has 0 aliphatic rings. The second-order valence-electron chi connectivity index (χ2n) is 4.57. The fraction of sp³-hybridized carbons (Fsp3) is 0.333. The van der Waals surface area contributed by atoms with Gasteiger partial charge in [0.15, 0.2) is 17.8 Å². The molecule has 6 nitrogen and oxygen atoms in total. The number of methoxy groups -OCH3 is 2. The second-order valence-corrected chi connectivity index (χ2v) is 4.57. The number of nitrogens with zero attached hydrogens (tertiary/aromatic N) is 2. The van der Waals surface area contributed by atoms with E-state index in [1.165, 1.54) is 7.11 Å². The van der Waals surface area contributed by atoms with E-state index in [1.807, 2.05) is 10.9 Å². The Morgan fingerprint density at radius 2 is 2.14 bits per heavy atom. The molecule has 0 bridgehead atoms. The molecular formula is C15H18N2O4. The van der Waals surface area contributed by atoms with E-state index in [-0.39, 0.29) is 17.1 Å². The molecule has 2 rings (SSSR count). The lowest BCUT2D eigenvalue weighted by Gasteiger charge is -2.08. The third kappa shape index (κ3) is 3.41. The summed E-state index contributed by atoms with van der Waals surface area (Å²) in [4.78, 5) is 11.0. The first-order chi connectivity index (χ1) is 10.2. The predicted octanol–water partition coefficient (Wildman–Crippen LogP) is 2.11. The van der Waals surface area contributed by atoms with E-state index in [4.69, 9.17) is 9.47 Å². The predicted molar refractivity (Wildman–Crippen MR) is 77.8 cm³/mol. The molecule has 0 unspecified atom stereocenters. The maximum absolute atomic E-state index is 11.0. The highest BCUT2D eigenvalue weighted by molar-refractivity contribution is 5.84. The Labute approximate surface area is 122 Å². The molecule has 0 atom stereocenters. The summed E-state index contributed by atoms with van der Waals surface area (Å²) in [5, 5.41) is 14.1. The van der Waals surface area contributed by atoms with Crippen molar-refractivity contribution in [2.75, 3.05) is 20.8 Å². The van der Waals surface area contributed by atoms with Gasteiger partial charge in [-0.25, -0.2) is 0 Å². The van der Waals surface area contributed by atoms with E-state index in [0.717, 1.165) is 24.1 Å². The molecule has 0 amide bonds. The van der Waals surface area contributed by atoms with Gasteiger partial charge in [0.25, 0.3) is 0 Å². The van der Waals surface area contributed by atoms with Crippen LogP contribution in [0.3, 0.4) is 0 Å². The van der Waals surface area contributed by atoms with Crippen molar-refractivity contribution in [2.24, 2.45) is 0 Å². The van der Waals surface area contributed by atoms with Crippen LogP contribution in [-0.4, -0.2) is 42.0 Å². The molecule has 6 heteroatoms. The van der Waals surface area contributed by atoms with E-state index in [9.17, 15) is 9.90 Å². The Kier molecular flexibility index (Phi) is 4.94. The van der Waals surface area contributed by atoms with E-state index in [2.05, 4.69) is 5.10 Å². The van der Waals surface area contributed by atoms with Crippen molar-refractivity contribution in [3.63, 3.8) is 0 Å². The third-order valence-corrected chi connectivity index (χ3v) is 3.15. The molecule has 0 saturated carbocycles. The number of rotatable bonds is 7. The number of aromatic hydroxyl groups is 1. The van der Waals surface area contributed by atoms with Crippen LogP contribution in [0.5, 0.6) is 11.5 Å². The maximum Gasteiger partial charge on any atom is 0.168 e. The fourth-order valence-corrected chi connectivity index (χ4v) is 2.05. The lowest BCUT2D eigenvalue weighted by atomic mass is 10.1. The van der Waals surface area contributed by atoms with Gasteiger partial charge in [0.1, 0.15) is 0 Å². The zero-order chi connectivity index (χ0) is 15.2. The topological polar surface area (TPSA) is 73.6 Å². The van der Waals surface area contributed by atoms with Crippen molar-refractivity contribution in [3.05, 3.63) is 30.1 Å². The molecule has 0 radical (unpaired) electrons. The maximum atomic E-state index is 11.0.